The van der Waals surface area contributed by atoms with Crippen molar-refractivity contribution in [3.8, 4) is 28.6 Å². The summed E-state index contributed by atoms with van der Waals surface area (Å²) in [4.78, 5) is 27.7. The van der Waals surface area contributed by atoms with E-state index in [1.165, 1.54) is 13.0 Å². The van der Waals surface area contributed by atoms with E-state index >= 15 is 0 Å². The third-order valence-electron chi connectivity index (χ3n) is 5.18. The Hall–Kier alpha value is -4.05. The molecule has 1 aromatic heterocycles. The van der Waals surface area contributed by atoms with Crippen LogP contribution in [-0.4, -0.2) is 34.6 Å². The second kappa shape index (κ2) is 12.1. The quantitative estimate of drug-likeness (QED) is 0.351. The van der Waals surface area contributed by atoms with Crippen LogP contribution >= 0.6 is 0 Å². The van der Waals surface area contributed by atoms with E-state index in [0.29, 0.717) is 24.7 Å². The van der Waals surface area contributed by atoms with Crippen LogP contribution in [0, 0.1) is 11.6 Å². The molecule has 4 N–H and O–H groups in total. The molecule has 3 rings (SSSR count). The lowest BCUT2D eigenvalue weighted by molar-refractivity contribution is -0.145. The molecule has 0 bridgehead atoms. The van der Waals surface area contributed by atoms with Crippen molar-refractivity contribution in [1.82, 2.24) is 10.3 Å². The van der Waals surface area contributed by atoms with E-state index in [4.69, 9.17) is 15.2 Å². The molecular weight excluding hydrogens is 472 g/mol. The monoisotopic (exact) mass is 499 g/mol. The number of nitrogens with zero attached hydrogens (tertiary/aromatic N) is 1. The maximum absolute atomic E-state index is 14.5. The number of aliphatic carboxylic acids is 1. The van der Waals surface area contributed by atoms with Crippen LogP contribution in [0.15, 0.2) is 48.5 Å². The number of benzene rings is 2. The molecule has 0 fully saturated rings. The van der Waals surface area contributed by atoms with Gasteiger partial charge in [-0.3, -0.25) is 4.79 Å². The molecular formula is C26H27F2N3O5. The van der Waals surface area contributed by atoms with Crippen molar-refractivity contribution in [3.63, 3.8) is 0 Å². The number of carboxylic acids is 1. The highest BCUT2D eigenvalue weighted by molar-refractivity contribution is 5.96. The second-order valence-electron chi connectivity index (χ2n) is 7.92. The lowest BCUT2D eigenvalue weighted by Gasteiger charge is -2.15. The number of nitrogens with two attached hydrogens (primary N) is 1. The minimum atomic E-state index is -1.38. The van der Waals surface area contributed by atoms with Crippen molar-refractivity contribution in [1.29, 1.82) is 0 Å². The summed E-state index contributed by atoms with van der Waals surface area (Å²) < 4.78 is 39.5. The van der Waals surface area contributed by atoms with E-state index < -0.39 is 35.5 Å². The molecule has 36 heavy (non-hydrogen) atoms. The molecule has 190 valence electrons. The molecule has 0 radical (unpaired) electrons. The number of carbonyl (C=O) groups is 2. The first kappa shape index (κ1) is 26.6. The van der Waals surface area contributed by atoms with Crippen LogP contribution in [0.5, 0.6) is 17.5 Å². The van der Waals surface area contributed by atoms with E-state index in [1.54, 1.807) is 12.1 Å². The Balaban J connectivity index is 2.03. The van der Waals surface area contributed by atoms with Gasteiger partial charge in [-0.1, -0.05) is 32.0 Å². The van der Waals surface area contributed by atoms with Gasteiger partial charge in [0.05, 0.1) is 0 Å². The van der Waals surface area contributed by atoms with Gasteiger partial charge in [0.15, 0.2) is 17.7 Å². The molecule has 2 aromatic carbocycles. The van der Waals surface area contributed by atoms with Crippen molar-refractivity contribution in [3.05, 3.63) is 71.3 Å². The Morgan fingerprint density at radius 2 is 1.81 bits per heavy atom. The first-order valence-electron chi connectivity index (χ1n) is 11.4. The highest BCUT2D eigenvalue weighted by Gasteiger charge is 2.23. The molecule has 3 aromatic rings. The Bertz CT molecular complexity index is 1250. The van der Waals surface area contributed by atoms with Crippen molar-refractivity contribution in [2.24, 2.45) is 5.73 Å². The van der Waals surface area contributed by atoms with Crippen LogP contribution in [-0.2, 0) is 11.3 Å². The molecule has 1 atom stereocenters. The van der Waals surface area contributed by atoms with Gasteiger partial charge in [-0.25, -0.2) is 13.6 Å². The maximum Gasteiger partial charge on any atom is 0.344 e. The van der Waals surface area contributed by atoms with Gasteiger partial charge < -0.3 is 25.6 Å². The number of halogens is 2. The molecule has 0 saturated heterocycles. The van der Waals surface area contributed by atoms with Gasteiger partial charge in [-0.2, -0.15) is 4.98 Å². The second-order valence-corrected chi connectivity index (χ2v) is 7.92. The average Bonchev–Trinajstić information content (AvgIpc) is 2.87. The van der Waals surface area contributed by atoms with Crippen molar-refractivity contribution >= 4 is 11.9 Å². The molecule has 10 heteroatoms. The first-order valence-corrected chi connectivity index (χ1v) is 11.4. The van der Waals surface area contributed by atoms with Gasteiger partial charge in [-0.05, 0) is 53.8 Å². The number of pyridine rings is 1. The molecule has 0 unspecified atom stereocenters. The molecule has 0 spiro atoms. The standard InChI is InChI=1S/C26H27F2N3O5/c1-3-8-30-23(32)18-10-17(16-7-5-6-15(9-16)14-29)11-19(12-18)35-24-20(27)13-21(28)25(31-24)36-22(4-2)26(33)34/h5-7,9-13,22H,3-4,8,14,29H2,1-2H3,(H,30,32)(H,33,34)/t22-/m1/s1. The zero-order valence-corrected chi connectivity index (χ0v) is 19.9. The van der Waals surface area contributed by atoms with Crippen molar-refractivity contribution in [2.45, 2.75) is 39.3 Å². The fraction of sp³-hybridized carbons (Fsp3) is 0.269. The van der Waals surface area contributed by atoms with Crippen LogP contribution in [0.2, 0.25) is 0 Å². The van der Waals surface area contributed by atoms with Crippen LogP contribution in [0.1, 0.15) is 42.6 Å². The molecule has 1 amide bonds. The summed E-state index contributed by atoms with van der Waals surface area (Å²) >= 11 is 0. The lowest BCUT2D eigenvalue weighted by Crippen LogP contribution is -2.26. The van der Waals surface area contributed by atoms with Crippen molar-refractivity contribution < 1.29 is 33.0 Å². The minimum absolute atomic E-state index is 0.0319. The summed E-state index contributed by atoms with van der Waals surface area (Å²) in [5, 5.41) is 12.0. The smallest absolute Gasteiger partial charge is 0.344 e. The molecule has 0 aliphatic rings. The Kier molecular flexibility index (Phi) is 8.91. The predicted molar refractivity (Wildman–Crippen MR) is 129 cm³/mol. The number of hydrogen-bond donors (Lipinski definition) is 3. The van der Waals surface area contributed by atoms with E-state index in [2.05, 4.69) is 10.3 Å². The number of ether oxygens (including phenoxy) is 2. The third-order valence-corrected chi connectivity index (χ3v) is 5.18. The molecule has 0 aliphatic heterocycles. The number of aromatic nitrogens is 1. The largest absolute Gasteiger partial charge is 0.479 e. The maximum atomic E-state index is 14.5. The van der Waals surface area contributed by atoms with Gasteiger partial charge >= 0.3 is 5.97 Å². The molecule has 0 saturated carbocycles. The number of nitrogens with one attached hydrogen (secondary N) is 1. The fourth-order valence-electron chi connectivity index (χ4n) is 3.32. The van der Waals surface area contributed by atoms with Crippen LogP contribution in [0.3, 0.4) is 0 Å². The Labute approximate surface area is 207 Å². The highest BCUT2D eigenvalue weighted by Crippen LogP contribution is 2.32. The summed E-state index contributed by atoms with van der Waals surface area (Å²) in [5.41, 5.74) is 8.22. The van der Waals surface area contributed by atoms with Crippen LogP contribution in [0.4, 0.5) is 8.78 Å². The molecule has 8 nitrogen and oxygen atoms in total. The summed E-state index contributed by atoms with van der Waals surface area (Å²) in [6.07, 6.45) is -0.614. The number of rotatable bonds is 11. The van der Waals surface area contributed by atoms with Gasteiger partial charge in [-0.15, -0.1) is 0 Å². The number of amides is 1. The van der Waals surface area contributed by atoms with Gasteiger partial charge in [0.1, 0.15) is 5.75 Å². The van der Waals surface area contributed by atoms with Crippen LogP contribution < -0.4 is 20.5 Å². The van der Waals surface area contributed by atoms with E-state index in [-0.39, 0.29) is 23.6 Å². The average molecular weight is 500 g/mol. The normalized spacial score (nSPS) is 11.6. The van der Waals surface area contributed by atoms with E-state index in [0.717, 1.165) is 17.5 Å². The molecule has 0 aliphatic carbocycles. The number of hydrogen-bond acceptors (Lipinski definition) is 6. The minimum Gasteiger partial charge on any atom is -0.479 e. The fourth-order valence-corrected chi connectivity index (χ4v) is 3.32. The van der Waals surface area contributed by atoms with E-state index in [9.17, 15) is 23.5 Å². The lowest BCUT2D eigenvalue weighted by atomic mass is 10.00. The highest BCUT2D eigenvalue weighted by atomic mass is 19.1. The van der Waals surface area contributed by atoms with Gasteiger partial charge in [0, 0.05) is 24.7 Å². The van der Waals surface area contributed by atoms with Crippen molar-refractivity contribution in [2.75, 3.05) is 6.54 Å². The summed E-state index contributed by atoms with van der Waals surface area (Å²) in [5.74, 6) is -5.28. The number of carbonyl (C=O) groups excluding carboxylic acids is 1. The molecule has 1 heterocycles. The summed E-state index contributed by atoms with van der Waals surface area (Å²) in [6.45, 7) is 4.23. The predicted octanol–water partition coefficient (Wildman–Crippen LogP) is 4.66. The zero-order valence-electron chi connectivity index (χ0n) is 19.9. The zero-order chi connectivity index (χ0) is 26.2. The Morgan fingerprint density at radius 3 is 2.47 bits per heavy atom. The number of carboxylic acid groups (broad SMARTS) is 1. The summed E-state index contributed by atoms with van der Waals surface area (Å²) in [7, 11) is 0. The van der Waals surface area contributed by atoms with Crippen LogP contribution in [0.25, 0.3) is 11.1 Å². The third kappa shape index (κ3) is 6.54. The van der Waals surface area contributed by atoms with Gasteiger partial charge in [0.2, 0.25) is 0 Å². The summed E-state index contributed by atoms with van der Waals surface area (Å²) in [6, 6.07) is 12.5. The van der Waals surface area contributed by atoms with E-state index in [1.807, 2.05) is 31.2 Å². The topological polar surface area (TPSA) is 124 Å². The Morgan fingerprint density at radius 1 is 1.06 bits per heavy atom. The first-order chi connectivity index (χ1) is 17.2. The SMILES string of the molecule is CCCNC(=O)c1cc(Oc2nc(O[C@H](CC)C(=O)O)c(F)cc2F)cc(-c2cccc(CN)c2)c1. The van der Waals surface area contributed by atoms with Gasteiger partial charge in [0.25, 0.3) is 17.7 Å².